The fourth-order valence-electron chi connectivity index (χ4n) is 2.33. The molecule has 0 aliphatic carbocycles. The van der Waals surface area contributed by atoms with Crippen LogP contribution in [0.2, 0.25) is 0 Å². The largest absolute Gasteiger partial charge is 0.373 e. The van der Waals surface area contributed by atoms with Crippen molar-refractivity contribution < 1.29 is 4.79 Å². The van der Waals surface area contributed by atoms with Gasteiger partial charge in [-0.2, -0.15) is 0 Å². The van der Waals surface area contributed by atoms with Crippen molar-refractivity contribution in [3.8, 4) is 11.1 Å². The van der Waals surface area contributed by atoms with Crippen LogP contribution >= 0.6 is 0 Å². The smallest absolute Gasteiger partial charge is 0.248 e. The summed E-state index contributed by atoms with van der Waals surface area (Å²) in [6.07, 6.45) is 6.03. The van der Waals surface area contributed by atoms with Crippen molar-refractivity contribution in [1.29, 1.82) is 0 Å². The van der Waals surface area contributed by atoms with E-state index < -0.39 is 0 Å². The number of nitrogens with one attached hydrogen (secondary N) is 2. The highest BCUT2D eigenvalue weighted by molar-refractivity contribution is 5.99. The molecule has 0 radical (unpaired) electrons. The summed E-state index contributed by atoms with van der Waals surface area (Å²) in [7, 11) is 1.84. The van der Waals surface area contributed by atoms with E-state index in [4.69, 9.17) is 0 Å². The summed E-state index contributed by atoms with van der Waals surface area (Å²) in [5.41, 5.74) is 4.66. The van der Waals surface area contributed by atoms with Gasteiger partial charge in [0.25, 0.3) is 0 Å². The number of carbonyl (C=O) groups is 1. The predicted octanol–water partition coefficient (Wildman–Crippen LogP) is 4.73. The van der Waals surface area contributed by atoms with Gasteiger partial charge in [-0.3, -0.25) is 4.79 Å². The van der Waals surface area contributed by atoms with Gasteiger partial charge >= 0.3 is 0 Å². The number of allylic oxidation sites excluding steroid dienone is 2. The summed E-state index contributed by atoms with van der Waals surface area (Å²) in [5.74, 6) is 0.681. The first kappa shape index (κ1) is 17.5. The molecule has 0 saturated carbocycles. The maximum atomic E-state index is 11.8. The van der Waals surface area contributed by atoms with Crippen LogP contribution in [0.3, 0.4) is 0 Å². The zero-order chi connectivity index (χ0) is 17.5. The molecule has 124 valence electrons. The lowest BCUT2D eigenvalue weighted by Crippen LogP contribution is -2.07. The van der Waals surface area contributed by atoms with Crippen LogP contribution in [0.5, 0.6) is 0 Å². The fraction of sp³-hybridized carbons (Fsp3) is 0.200. The Morgan fingerprint density at radius 2 is 2.08 bits per heavy atom. The van der Waals surface area contributed by atoms with Crippen molar-refractivity contribution in [3.05, 3.63) is 60.8 Å². The molecule has 2 aromatic rings. The monoisotopic (exact) mass is 321 g/mol. The molecule has 0 atom stereocenters. The van der Waals surface area contributed by atoms with Crippen molar-refractivity contribution in [3.63, 3.8) is 0 Å². The van der Waals surface area contributed by atoms with Crippen LogP contribution in [0.1, 0.15) is 25.8 Å². The average molecular weight is 321 g/mol. The number of amides is 1. The van der Waals surface area contributed by atoms with Crippen molar-refractivity contribution in [2.45, 2.75) is 20.3 Å². The van der Waals surface area contributed by atoms with E-state index >= 15 is 0 Å². The Kier molecular flexibility index (Phi) is 5.90. The molecule has 0 fully saturated rings. The van der Waals surface area contributed by atoms with Crippen LogP contribution < -0.4 is 10.6 Å². The highest BCUT2D eigenvalue weighted by atomic mass is 16.1. The Balaban J connectivity index is 2.31. The van der Waals surface area contributed by atoms with Crippen LogP contribution in [-0.4, -0.2) is 17.9 Å². The molecule has 0 spiro atoms. The number of hydrogen-bond acceptors (Lipinski definition) is 3. The van der Waals surface area contributed by atoms with Gasteiger partial charge in [-0.25, -0.2) is 4.98 Å². The maximum absolute atomic E-state index is 11.8. The van der Waals surface area contributed by atoms with Crippen LogP contribution in [0.25, 0.3) is 16.7 Å². The van der Waals surface area contributed by atoms with E-state index in [-0.39, 0.29) is 5.91 Å². The van der Waals surface area contributed by atoms with Gasteiger partial charge in [-0.05, 0) is 48.8 Å². The number of nitrogens with zero attached hydrogens (tertiary/aromatic N) is 1. The van der Waals surface area contributed by atoms with Crippen LogP contribution in [0, 0.1) is 0 Å². The lowest BCUT2D eigenvalue weighted by atomic mass is 10.0. The van der Waals surface area contributed by atoms with Gasteiger partial charge in [0.1, 0.15) is 5.82 Å². The molecule has 1 heterocycles. The van der Waals surface area contributed by atoms with Crippen molar-refractivity contribution in [2.75, 3.05) is 17.7 Å². The predicted molar refractivity (Wildman–Crippen MR) is 102 cm³/mol. The molecule has 2 N–H and O–H groups in total. The van der Waals surface area contributed by atoms with Crippen molar-refractivity contribution in [2.24, 2.45) is 0 Å². The highest BCUT2D eigenvalue weighted by Gasteiger charge is 2.08. The first-order valence-electron chi connectivity index (χ1n) is 7.96. The molecule has 0 unspecified atom stereocenters. The third-order valence-electron chi connectivity index (χ3n) is 3.55. The quantitative estimate of drug-likeness (QED) is 0.756. The zero-order valence-electron chi connectivity index (χ0n) is 14.4. The minimum atomic E-state index is -0.125. The molecule has 2 rings (SSSR count). The van der Waals surface area contributed by atoms with Crippen LogP contribution in [0.4, 0.5) is 11.5 Å². The fourth-order valence-corrected chi connectivity index (χ4v) is 2.33. The molecule has 0 aliphatic heterocycles. The van der Waals surface area contributed by atoms with Gasteiger partial charge in [-0.1, -0.05) is 31.7 Å². The van der Waals surface area contributed by atoms with Gasteiger partial charge in [0.2, 0.25) is 5.91 Å². The Morgan fingerprint density at radius 3 is 2.75 bits per heavy atom. The number of hydrogen-bond donors (Lipinski definition) is 2. The standard InChI is InChI=1S/C20H23N3O/c1-5-6-10-19(24)23-17-9-7-8-15(11-17)16-12-18(14(2)3)20(21-4)22-13-16/h6-13H,2,5H2,1,3-4H3,(H,21,22)(H,23,24)/b10-6+. The third kappa shape index (κ3) is 4.32. The molecule has 1 amide bonds. The second-order valence-electron chi connectivity index (χ2n) is 5.53. The Bertz CT molecular complexity index is 778. The zero-order valence-corrected chi connectivity index (χ0v) is 14.4. The summed E-state index contributed by atoms with van der Waals surface area (Å²) in [6, 6.07) is 9.78. The second-order valence-corrected chi connectivity index (χ2v) is 5.53. The van der Waals surface area contributed by atoms with E-state index in [1.165, 1.54) is 0 Å². The Labute approximate surface area is 143 Å². The molecule has 24 heavy (non-hydrogen) atoms. The number of anilines is 2. The van der Waals surface area contributed by atoms with E-state index in [0.717, 1.165) is 40.2 Å². The van der Waals surface area contributed by atoms with E-state index in [2.05, 4.69) is 28.3 Å². The molecule has 0 saturated heterocycles. The van der Waals surface area contributed by atoms with Crippen molar-refractivity contribution >= 4 is 23.0 Å². The number of carbonyl (C=O) groups excluding carboxylic acids is 1. The maximum Gasteiger partial charge on any atom is 0.248 e. The molecule has 0 aliphatic rings. The van der Waals surface area contributed by atoms with E-state index in [9.17, 15) is 4.79 Å². The van der Waals surface area contributed by atoms with Gasteiger partial charge in [0, 0.05) is 30.1 Å². The summed E-state index contributed by atoms with van der Waals surface area (Å²) in [6.45, 7) is 7.96. The van der Waals surface area contributed by atoms with Crippen LogP contribution in [0.15, 0.2) is 55.3 Å². The first-order chi connectivity index (χ1) is 11.5. The van der Waals surface area contributed by atoms with Gasteiger partial charge in [-0.15, -0.1) is 0 Å². The minimum Gasteiger partial charge on any atom is -0.373 e. The SMILES string of the molecule is C=C(C)c1cc(-c2cccc(NC(=O)/C=C/CC)c2)cnc1NC. The molecule has 4 heteroatoms. The molecular formula is C20H23N3O. The van der Waals surface area contributed by atoms with Gasteiger partial charge in [0.15, 0.2) is 0 Å². The summed E-state index contributed by atoms with van der Waals surface area (Å²) in [4.78, 5) is 16.3. The second kappa shape index (κ2) is 8.11. The van der Waals surface area contributed by atoms with Gasteiger partial charge in [0.05, 0.1) is 0 Å². The topological polar surface area (TPSA) is 54.0 Å². The Hall–Kier alpha value is -2.88. The molecule has 1 aromatic carbocycles. The first-order valence-corrected chi connectivity index (χ1v) is 7.96. The molecule has 1 aromatic heterocycles. The summed E-state index contributed by atoms with van der Waals surface area (Å²) in [5, 5.41) is 5.95. The van der Waals surface area contributed by atoms with E-state index in [1.807, 2.05) is 57.4 Å². The lowest BCUT2D eigenvalue weighted by Gasteiger charge is -2.11. The summed E-state index contributed by atoms with van der Waals surface area (Å²) >= 11 is 0. The summed E-state index contributed by atoms with van der Waals surface area (Å²) < 4.78 is 0. The molecular weight excluding hydrogens is 298 g/mol. The average Bonchev–Trinajstić information content (AvgIpc) is 2.59. The van der Waals surface area contributed by atoms with Crippen molar-refractivity contribution in [1.82, 2.24) is 4.98 Å². The molecule has 0 bridgehead atoms. The van der Waals surface area contributed by atoms with Gasteiger partial charge < -0.3 is 10.6 Å². The van der Waals surface area contributed by atoms with E-state index in [0.29, 0.717) is 0 Å². The number of rotatable bonds is 6. The minimum absolute atomic E-state index is 0.125. The number of pyridine rings is 1. The third-order valence-corrected chi connectivity index (χ3v) is 3.55. The number of benzene rings is 1. The van der Waals surface area contributed by atoms with Crippen LogP contribution in [-0.2, 0) is 4.79 Å². The van der Waals surface area contributed by atoms with E-state index in [1.54, 1.807) is 6.08 Å². The number of aromatic nitrogens is 1. The Morgan fingerprint density at radius 1 is 1.29 bits per heavy atom. The molecule has 4 nitrogen and oxygen atoms in total. The highest BCUT2D eigenvalue weighted by Crippen LogP contribution is 2.28. The lowest BCUT2D eigenvalue weighted by molar-refractivity contribution is -0.111. The normalized spacial score (nSPS) is 10.6.